The summed E-state index contributed by atoms with van der Waals surface area (Å²) in [4.78, 5) is 130. The van der Waals surface area contributed by atoms with E-state index >= 15 is 0 Å². The van der Waals surface area contributed by atoms with E-state index in [0.717, 1.165) is 38.5 Å². The fraction of sp³-hybridized carbons (Fsp3) is 0.436. The van der Waals surface area contributed by atoms with Gasteiger partial charge in [-0.1, -0.05) is 94.4 Å². The summed E-state index contributed by atoms with van der Waals surface area (Å²) in [6.07, 6.45) is 4.98. The summed E-state index contributed by atoms with van der Waals surface area (Å²) in [5.74, 6) is -5.92. The fourth-order valence-corrected chi connectivity index (χ4v) is 9.45. The highest BCUT2D eigenvalue weighted by Gasteiger charge is 2.40. The lowest BCUT2D eigenvalue weighted by molar-refractivity contribution is -0.142. The van der Waals surface area contributed by atoms with Gasteiger partial charge in [-0.2, -0.15) is 0 Å². The smallest absolute Gasteiger partial charge is 0.245 e. The highest BCUT2D eigenvalue weighted by Crippen LogP contribution is 2.23. The van der Waals surface area contributed by atoms with E-state index in [0.29, 0.717) is 12.7 Å². The molecule has 1 saturated heterocycles. The largest absolute Gasteiger partial charge is 0.370 e. The summed E-state index contributed by atoms with van der Waals surface area (Å²) in [5.41, 5.74) is 16.0. The zero-order valence-corrected chi connectivity index (χ0v) is 43.2. The number of aromatic amines is 2. The number of H-pyrrole nitrogens is 2. The molecule has 8 atom stereocenters. The molecule has 20 nitrogen and oxygen atoms in total. The fourth-order valence-electron chi connectivity index (χ4n) is 9.45. The molecule has 1 aliphatic heterocycles. The molecule has 0 saturated carbocycles. The molecule has 0 bridgehead atoms. The number of likely N-dealkylation sites (tertiary alicyclic amines) is 1. The van der Waals surface area contributed by atoms with Crippen molar-refractivity contribution < 1.29 is 43.2 Å². The first kappa shape index (κ1) is 56.4. The Hall–Kier alpha value is -7.87. The maximum Gasteiger partial charge on any atom is 0.245 e. The van der Waals surface area contributed by atoms with E-state index in [1.807, 2.05) is 107 Å². The molecule has 400 valence electrons. The number of nitrogens with one attached hydrogen (secondary N) is 8. The Kier molecular flexibility index (Phi) is 19.8. The minimum absolute atomic E-state index is 0.0711. The van der Waals surface area contributed by atoms with Crippen molar-refractivity contribution in [2.24, 2.45) is 23.3 Å². The van der Waals surface area contributed by atoms with Crippen LogP contribution in [-0.4, -0.2) is 123 Å². The van der Waals surface area contributed by atoms with Gasteiger partial charge in [0.25, 0.3) is 0 Å². The first-order chi connectivity index (χ1) is 35.8. The molecular weight excluding hydrogens is 959 g/mol. The van der Waals surface area contributed by atoms with Gasteiger partial charge in [-0.05, 0) is 79.7 Å². The van der Waals surface area contributed by atoms with Crippen LogP contribution in [0.5, 0.6) is 0 Å². The van der Waals surface area contributed by atoms with Crippen molar-refractivity contribution in [1.82, 2.24) is 46.8 Å². The highest BCUT2D eigenvalue weighted by atomic mass is 16.2. The van der Waals surface area contributed by atoms with Gasteiger partial charge in [0, 0.05) is 53.6 Å². The van der Waals surface area contributed by atoms with Crippen molar-refractivity contribution in [3.63, 3.8) is 0 Å². The first-order valence-electron chi connectivity index (χ1n) is 25.6. The molecule has 3 aromatic carbocycles. The van der Waals surface area contributed by atoms with Gasteiger partial charge >= 0.3 is 0 Å². The Bertz CT molecular complexity index is 2830. The maximum absolute atomic E-state index is 14.5. The third kappa shape index (κ3) is 15.6. The predicted octanol–water partition coefficient (Wildman–Crippen LogP) is 2.09. The number of rotatable bonds is 26. The van der Waals surface area contributed by atoms with Crippen molar-refractivity contribution in [3.8, 4) is 0 Å². The van der Waals surface area contributed by atoms with E-state index in [9.17, 15) is 43.2 Å². The van der Waals surface area contributed by atoms with Crippen LogP contribution in [-0.2, 0) is 62.4 Å². The number of fused-ring (bicyclic) bond motifs is 2. The van der Waals surface area contributed by atoms with Crippen LogP contribution in [0.1, 0.15) is 83.4 Å². The number of aromatic nitrogens is 2. The van der Waals surface area contributed by atoms with Crippen LogP contribution in [0.2, 0.25) is 0 Å². The van der Waals surface area contributed by atoms with Gasteiger partial charge in [0.1, 0.15) is 42.5 Å². The number of hydrogen-bond donors (Lipinski definition) is 10. The number of para-hydroxylation sites is 2. The highest BCUT2D eigenvalue weighted by molar-refractivity contribution is 5.99. The van der Waals surface area contributed by atoms with Crippen LogP contribution in [0.25, 0.3) is 21.8 Å². The van der Waals surface area contributed by atoms with Gasteiger partial charge in [0.05, 0.1) is 18.5 Å². The monoisotopic (exact) mass is 1030 g/mol. The van der Waals surface area contributed by atoms with Crippen molar-refractivity contribution >= 4 is 75.3 Å². The van der Waals surface area contributed by atoms with Crippen LogP contribution in [0.3, 0.4) is 0 Å². The summed E-state index contributed by atoms with van der Waals surface area (Å²) in [5, 5.41) is 17.9. The van der Waals surface area contributed by atoms with Crippen LogP contribution in [0.15, 0.2) is 91.3 Å². The number of carbonyl (C=O) groups is 9. The Morgan fingerprint density at radius 2 is 1.13 bits per heavy atom. The maximum atomic E-state index is 14.5. The molecule has 0 unspecified atom stereocenters. The second kappa shape index (κ2) is 26.4. The number of benzene rings is 3. The van der Waals surface area contributed by atoms with Crippen molar-refractivity contribution in [2.45, 2.75) is 134 Å². The Labute approximate surface area is 436 Å². The summed E-state index contributed by atoms with van der Waals surface area (Å²) >= 11 is 0. The van der Waals surface area contributed by atoms with Gasteiger partial charge in [0.15, 0.2) is 0 Å². The number of nitrogens with two attached hydrogens (primary N) is 2. The summed E-state index contributed by atoms with van der Waals surface area (Å²) in [7, 11) is 0. The molecular formula is C55H71N11O9. The predicted molar refractivity (Wildman–Crippen MR) is 283 cm³/mol. The summed E-state index contributed by atoms with van der Waals surface area (Å²) in [6, 6.07) is 15.1. The second-order valence-electron chi connectivity index (χ2n) is 20.3. The molecule has 6 rings (SSSR count). The Morgan fingerprint density at radius 3 is 1.73 bits per heavy atom. The zero-order chi connectivity index (χ0) is 54.3. The molecule has 8 amide bonds. The lowest BCUT2D eigenvalue weighted by atomic mass is 9.99. The molecule has 75 heavy (non-hydrogen) atoms. The van der Waals surface area contributed by atoms with Gasteiger partial charge in [0.2, 0.25) is 47.3 Å². The summed E-state index contributed by atoms with van der Waals surface area (Å²) < 4.78 is 0. The molecule has 2 aromatic heterocycles. The topological polar surface area (TPSA) is 313 Å². The number of aldehydes is 1. The molecule has 0 radical (unpaired) electrons. The lowest BCUT2D eigenvalue weighted by Gasteiger charge is -2.31. The lowest BCUT2D eigenvalue weighted by Crippen LogP contribution is -2.60. The number of primary amides is 1. The van der Waals surface area contributed by atoms with E-state index in [-0.39, 0.29) is 56.9 Å². The SMILES string of the molecule is CC(C)C[C@H](NC(=O)[C@H](CC(N)=O)NC(=O)[C@H](C)NC(=O)[C@@H]1CCCN1C(=O)[C@H](CC(C)C)NC(=O)[C@H](Cc1c[nH]c2ccccc12)NC(=O)[C@@H](N)Cc1ccccc1)C(=O)N[C@H](C=O)Cc1c[nH]c2ccccc12. The van der Waals surface area contributed by atoms with E-state index in [2.05, 4.69) is 41.9 Å². The Morgan fingerprint density at radius 1 is 0.613 bits per heavy atom. The standard InChI is InChI=1S/C55H71N11O9/c1-31(2)22-43(51(71)61-37(30-67)25-35-28-58-41-18-11-9-16-38(35)41)64-53(73)45(27-48(57)68)62-49(69)33(5)60-54(74)47-20-13-21-66(47)55(75)46(23-32(3)4)65-52(72)44(26-36-29-59-42-19-12-10-17-39(36)42)63-50(70)40(56)24-34-14-7-6-8-15-34/h6-12,14-19,28-33,37,40,43-47,58-59H,13,20-27,56H2,1-5H3,(H2,57,68)(H,60,74)(H,61,71)(H,62,69)(H,63,70)(H,64,73)(H,65,72)/t33-,37-,40-,43-,44-,45-,46-,47-/m0/s1. The average molecular weight is 1030 g/mol. The van der Waals surface area contributed by atoms with Gasteiger partial charge in [-0.3, -0.25) is 38.4 Å². The van der Waals surface area contributed by atoms with Gasteiger partial charge in [-0.25, -0.2) is 0 Å². The van der Waals surface area contributed by atoms with Crippen LogP contribution in [0, 0.1) is 11.8 Å². The number of amides is 8. The third-order valence-corrected chi connectivity index (χ3v) is 13.3. The molecule has 1 fully saturated rings. The number of carbonyl (C=O) groups excluding carboxylic acids is 9. The second-order valence-corrected chi connectivity index (χ2v) is 20.3. The van der Waals surface area contributed by atoms with Crippen molar-refractivity contribution in [3.05, 3.63) is 108 Å². The third-order valence-electron chi connectivity index (χ3n) is 13.3. The van der Waals surface area contributed by atoms with Crippen molar-refractivity contribution in [1.29, 1.82) is 0 Å². The molecule has 0 spiro atoms. The quantitative estimate of drug-likeness (QED) is 0.0360. The van der Waals surface area contributed by atoms with Crippen LogP contribution < -0.4 is 43.4 Å². The molecule has 1 aliphatic rings. The molecule has 3 heterocycles. The van der Waals surface area contributed by atoms with E-state index in [1.54, 1.807) is 12.4 Å². The van der Waals surface area contributed by atoms with Gasteiger partial charge < -0.3 is 63.0 Å². The molecule has 20 heteroatoms. The Balaban J connectivity index is 1.10. The normalized spacial score (nSPS) is 16.3. The number of hydrogen-bond acceptors (Lipinski definition) is 10. The van der Waals surface area contributed by atoms with E-state index in [1.165, 1.54) is 11.8 Å². The molecule has 5 aromatic rings. The van der Waals surface area contributed by atoms with Crippen molar-refractivity contribution in [2.75, 3.05) is 6.54 Å². The summed E-state index contributed by atoms with van der Waals surface area (Å²) in [6.45, 7) is 8.98. The van der Waals surface area contributed by atoms with E-state index in [4.69, 9.17) is 11.5 Å². The van der Waals surface area contributed by atoms with E-state index < -0.39 is 102 Å². The molecule has 12 N–H and O–H groups in total. The van der Waals surface area contributed by atoms with Crippen LogP contribution >= 0.6 is 0 Å². The molecule has 0 aliphatic carbocycles. The average Bonchev–Trinajstić information content (AvgIpc) is 4.14. The zero-order valence-electron chi connectivity index (χ0n) is 43.2. The van der Waals surface area contributed by atoms with Crippen LogP contribution in [0.4, 0.5) is 0 Å². The first-order valence-corrected chi connectivity index (χ1v) is 25.6. The minimum Gasteiger partial charge on any atom is -0.370 e. The van der Waals surface area contributed by atoms with Gasteiger partial charge in [-0.15, -0.1) is 0 Å². The minimum atomic E-state index is -1.56. The number of nitrogens with zero attached hydrogens (tertiary/aromatic N) is 1.